The highest BCUT2D eigenvalue weighted by Crippen LogP contribution is 2.27. The van der Waals surface area contributed by atoms with Crippen molar-refractivity contribution in [3.8, 4) is 0 Å². The van der Waals surface area contributed by atoms with Crippen molar-refractivity contribution in [3.05, 3.63) is 75.7 Å². The van der Waals surface area contributed by atoms with Crippen molar-refractivity contribution in [2.75, 3.05) is 10.7 Å². The molecule has 1 atom stereocenters. The minimum Gasteiger partial charge on any atom is -0.300 e. The van der Waals surface area contributed by atoms with E-state index < -0.39 is 15.9 Å². The number of hydrogen-bond acceptors (Lipinski definition) is 3. The minimum absolute atomic E-state index is 0.129. The van der Waals surface area contributed by atoms with Gasteiger partial charge in [0.1, 0.15) is 0 Å². The van der Waals surface area contributed by atoms with Crippen LogP contribution in [0.2, 0.25) is 5.02 Å². The number of carbonyl (C=O) groups excluding carboxylic acids is 1. The molecule has 2 aromatic rings. The fourth-order valence-electron chi connectivity index (χ4n) is 3.04. The molecule has 1 amide bonds. The molecule has 1 aliphatic heterocycles. The van der Waals surface area contributed by atoms with Gasteiger partial charge in [0.2, 0.25) is 0 Å². The molecule has 6 heteroatoms. The van der Waals surface area contributed by atoms with Gasteiger partial charge in [-0.05, 0) is 50.3 Å². The summed E-state index contributed by atoms with van der Waals surface area (Å²) in [6.45, 7) is 3.85. The maximum atomic E-state index is 13.2. The first-order valence-electron chi connectivity index (χ1n) is 7.83. The molecule has 0 fully saturated rings. The second kappa shape index (κ2) is 6.65. The molecule has 0 aliphatic carbocycles. The van der Waals surface area contributed by atoms with Crippen LogP contribution in [0.4, 0.5) is 5.69 Å². The van der Waals surface area contributed by atoms with Gasteiger partial charge in [-0.1, -0.05) is 34.9 Å². The fourth-order valence-corrected chi connectivity index (χ4v) is 4.50. The normalized spacial score (nSPS) is 18.3. The van der Waals surface area contributed by atoms with Crippen LogP contribution in [0.1, 0.15) is 21.5 Å². The molecule has 0 aromatic heterocycles. The van der Waals surface area contributed by atoms with Gasteiger partial charge in [-0.2, -0.15) is 0 Å². The highest BCUT2D eigenvalue weighted by molar-refractivity contribution is 7.94. The molecule has 0 N–H and O–H groups in total. The topological polar surface area (TPSA) is 54.5 Å². The summed E-state index contributed by atoms with van der Waals surface area (Å²) in [6.07, 6.45) is 1.55. The molecular weight excluding hydrogens is 358 g/mol. The zero-order chi connectivity index (χ0) is 18.2. The predicted molar refractivity (Wildman–Crippen MR) is 101 cm³/mol. The maximum absolute atomic E-state index is 13.2. The Morgan fingerprint density at radius 2 is 1.80 bits per heavy atom. The van der Waals surface area contributed by atoms with Crippen LogP contribution in [0.15, 0.2) is 53.9 Å². The first-order chi connectivity index (χ1) is 11.7. The van der Waals surface area contributed by atoms with Crippen LogP contribution in [-0.2, 0) is 9.84 Å². The molecule has 0 unspecified atom stereocenters. The number of anilines is 1. The molecule has 0 bridgehead atoms. The molecule has 25 heavy (non-hydrogen) atoms. The molecule has 1 aliphatic rings. The van der Waals surface area contributed by atoms with Crippen LogP contribution in [0, 0.1) is 13.8 Å². The Morgan fingerprint density at radius 3 is 2.36 bits per heavy atom. The van der Waals surface area contributed by atoms with E-state index in [4.69, 9.17) is 11.6 Å². The lowest BCUT2D eigenvalue weighted by molar-refractivity contribution is 0.0983. The summed E-state index contributed by atoms with van der Waals surface area (Å²) in [5, 5.41) is 1.66. The molecule has 0 spiro atoms. The molecule has 1 heterocycles. The van der Waals surface area contributed by atoms with Gasteiger partial charge < -0.3 is 4.90 Å². The number of benzene rings is 2. The summed E-state index contributed by atoms with van der Waals surface area (Å²) in [5.41, 5.74) is 3.05. The highest BCUT2D eigenvalue weighted by Gasteiger charge is 2.32. The van der Waals surface area contributed by atoms with E-state index in [0.717, 1.165) is 11.1 Å². The van der Waals surface area contributed by atoms with E-state index in [9.17, 15) is 13.2 Å². The summed E-state index contributed by atoms with van der Waals surface area (Å²) >= 11 is 6.08. The zero-order valence-electron chi connectivity index (χ0n) is 13.9. The predicted octanol–water partition coefficient (Wildman–Crippen LogP) is 3.91. The van der Waals surface area contributed by atoms with Crippen LogP contribution < -0.4 is 4.90 Å². The summed E-state index contributed by atoms with van der Waals surface area (Å²) in [5.74, 6) is -0.378. The van der Waals surface area contributed by atoms with Crippen LogP contribution in [0.5, 0.6) is 0 Å². The quantitative estimate of drug-likeness (QED) is 0.817. The first-order valence-corrected chi connectivity index (χ1v) is 9.93. The third-order valence-electron chi connectivity index (χ3n) is 4.02. The van der Waals surface area contributed by atoms with Crippen LogP contribution in [0.3, 0.4) is 0 Å². The number of aryl methyl sites for hydroxylation is 2. The number of carbonyl (C=O) groups is 1. The second-order valence-corrected chi connectivity index (χ2v) is 8.62. The lowest BCUT2D eigenvalue weighted by Crippen LogP contribution is -2.41. The average Bonchev–Trinajstić information content (AvgIpc) is 2.86. The van der Waals surface area contributed by atoms with Crippen molar-refractivity contribution in [2.45, 2.75) is 19.9 Å². The van der Waals surface area contributed by atoms with E-state index in [1.54, 1.807) is 42.5 Å². The van der Waals surface area contributed by atoms with Gasteiger partial charge in [0.25, 0.3) is 5.91 Å². The Balaban J connectivity index is 2.07. The summed E-state index contributed by atoms with van der Waals surface area (Å²) < 4.78 is 23.7. The molecule has 4 nitrogen and oxygen atoms in total. The van der Waals surface area contributed by atoms with Crippen LogP contribution >= 0.6 is 11.6 Å². The van der Waals surface area contributed by atoms with E-state index in [1.807, 2.05) is 19.9 Å². The Morgan fingerprint density at radius 1 is 1.12 bits per heavy atom. The van der Waals surface area contributed by atoms with Gasteiger partial charge in [0.05, 0.1) is 11.8 Å². The largest absolute Gasteiger partial charge is 0.300 e. The van der Waals surface area contributed by atoms with Gasteiger partial charge in [-0.25, -0.2) is 8.42 Å². The zero-order valence-corrected chi connectivity index (χ0v) is 15.5. The van der Waals surface area contributed by atoms with Crippen molar-refractivity contribution in [3.63, 3.8) is 0 Å². The Labute approximate surface area is 152 Å². The van der Waals surface area contributed by atoms with Gasteiger partial charge in [0, 0.05) is 21.7 Å². The van der Waals surface area contributed by atoms with Crippen molar-refractivity contribution < 1.29 is 13.2 Å². The van der Waals surface area contributed by atoms with Crippen LogP contribution in [-0.4, -0.2) is 26.1 Å². The molecular formula is C19H18ClNO3S. The van der Waals surface area contributed by atoms with Gasteiger partial charge in [-0.3, -0.25) is 4.79 Å². The Bertz CT molecular complexity index is 946. The van der Waals surface area contributed by atoms with Crippen molar-refractivity contribution >= 4 is 33.0 Å². The van der Waals surface area contributed by atoms with Gasteiger partial charge in [-0.15, -0.1) is 0 Å². The smallest absolute Gasteiger partial charge is 0.258 e. The van der Waals surface area contributed by atoms with E-state index in [-0.39, 0.29) is 11.7 Å². The van der Waals surface area contributed by atoms with Crippen LogP contribution in [0.25, 0.3) is 0 Å². The number of hydrogen-bond donors (Lipinski definition) is 0. The summed E-state index contributed by atoms with van der Waals surface area (Å²) in [4.78, 5) is 14.7. The third kappa shape index (κ3) is 3.94. The Hall–Kier alpha value is -2.11. The number of halogens is 1. The van der Waals surface area contributed by atoms with E-state index >= 15 is 0 Å². The standard InChI is InChI=1S/C19H18ClNO3S/c1-13-8-14(2)10-15(9-13)19(22)21(17-5-3-4-16(20)11-17)18-6-7-25(23,24)12-18/h3-11,18H,12H2,1-2H3/t18-/m0/s1. The molecule has 2 aromatic carbocycles. The highest BCUT2D eigenvalue weighted by atomic mass is 35.5. The second-order valence-electron chi connectivity index (χ2n) is 6.26. The van der Waals surface area contributed by atoms with E-state index in [2.05, 4.69) is 0 Å². The molecule has 0 saturated heterocycles. The number of rotatable bonds is 3. The van der Waals surface area contributed by atoms with Crippen molar-refractivity contribution in [2.24, 2.45) is 0 Å². The van der Waals surface area contributed by atoms with Gasteiger partial charge in [0.15, 0.2) is 9.84 Å². The lowest BCUT2D eigenvalue weighted by atomic mass is 10.1. The fraction of sp³-hybridized carbons (Fsp3) is 0.211. The monoisotopic (exact) mass is 375 g/mol. The molecule has 130 valence electrons. The SMILES string of the molecule is Cc1cc(C)cc(C(=O)N(c2cccc(Cl)c2)[C@H]2C=CS(=O)(=O)C2)c1. The maximum Gasteiger partial charge on any atom is 0.258 e. The number of sulfone groups is 1. The Kier molecular flexibility index (Phi) is 4.71. The van der Waals surface area contributed by atoms with Crippen molar-refractivity contribution in [1.82, 2.24) is 0 Å². The summed E-state index contributed by atoms with van der Waals surface area (Å²) in [6, 6.07) is 11.9. The first kappa shape index (κ1) is 17.7. The van der Waals surface area contributed by atoms with Gasteiger partial charge >= 0.3 is 0 Å². The number of nitrogens with zero attached hydrogens (tertiary/aromatic N) is 1. The third-order valence-corrected chi connectivity index (χ3v) is 5.63. The molecule has 0 saturated carbocycles. The van der Waals surface area contributed by atoms with E-state index in [1.165, 1.54) is 10.3 Å². The molecule has 0 radical (unpaired) electrons. The average molecular weight is 376 g/mol. The van der Waals surface area contributed by atoms with Crippen molar-refractivity contribution in [1.29, 1.82) is 0 Å². The minimum atomic E-state index is -3.30. The van der Waals surface area contributed by atoms with E-state index in [0.29, 0.717) is 16.3 Å². The lowest BCUT2D eigenvalue weighted by Gasteiger charge is -2.28. The summed E-state index contributed by atoms with van der Waals surface area (Å²) in [7, 11) is -3.30. The molecule has 3 rings (SSSR count). The number of amides is 1.